The lowest BCUT2D eigenvalue weighted by atomic mass is 10.2. The second-order valence-electron chi connectivity index (χ2n) is 2.97. The minimum atomic E-state index is -0.406. The molecule has 2 rings (SSSR count). The normalized spacial score (nSPS) is 10.7. The quantitative estimate of drug-likeness (QED) is 0.459. The van der Waals surface area contributed by atoms with Gasteiger partial charge in [-0.15, -0.1) is 24.0 Å². The molecular formula is C9H7NO2S2. The van der Waals surface area contributed by atoms with Crippen molar-refractivity contribution in [2.45, 2.75) is 11.8 Å². The zero-order valence-corrected chi connectivity index (χ0v) is 9.06. The Morgan fingerprint density at radius 2 is 2.21 bits per heavy atom. The van der Waals surface area contributed by atoms with Crippen LogP contribution >= 0.6 is 24.0 Å². The molecule has 14 heavy (non-hydrogen) atoms. The van der Waals surface area contributed by atoms with E-state index in [-0.39, 0.29) is 5.69 Å². The van der Waals surface area contributed by atoms with E-state index in [0.717, 1.165) is 15.0 Å². The number of benzene rings is 1. The molecule has 72 valence electrons. The number of nitrogens with zero attached hydrogens (tertiary/aromatic N) is 1. The van der Waals surface area contributed by atoms with Crippen molar-refractivity contribution in [3.8, 4) is 0 Å². The Morgan fingerprint density at radius 3 is 2.86 bits per heavy atom. The minimum Gasteiger partial charge on any atom is -0.258 e. The number of aryl methyl sites for hydroxylation is 1. The van der Waals surface area contributed by atoms with Crippen molar-refractivity contribution in [3.63, 3.8) is 0 Å². The Morgan fingerprint density at radius 1 is 1.50 bits per heavy atom. The number of rotatable bonds is 1. The fourth-order valence-electron chi connectivity index (χ4n) is 1.35. The maximum absolute atomic E-state index is 10.6. The Hall–Kier alpha value is -1.07. The van der Waals surface area contributed by atoms with E-state index in [9.17, 15) is 10.1 Å². The number of thiol groups is 1. The van der Waals surface area contributed by atoms with Gasteiger partial charge < -0.3 is 0 Å². The fraction of sp³-hybridized carbons (Fsp3) is 0.111. The Bertz CT molecular complexity index is 519. The van der Waals surface area contributed by atoms with Gasteiger partial charge >= 0.3 is 0 Å². The van der Waals surface area contributed by atoms with E-state index in [0.29, 0.717) is 4.90 Å². The number of thiophene rings is 1. The molecule has 1 aromatic carbocycles. The first-order valence-corrected chi connectivity index (χ1v) is 5.22. The van der Waals surface area contributed by atoms with Gasteiger partial charge in [0, 0.05) is 10.9 Å². The molecule has 1 aromatic heterocycles. The highest BCUT2D eigenvalue weighted by Gasteiger charge is 2.14. The number of hydrogen-bond donors (Lipinski definition) is 1. The number of nitro groups is 1. The van der Waals surface area contributed by atoms with Crippen LogP contribution in [0.2, 0.25) is 0 Å². The molecule has 0 saturated carbocycles. The lowest BCUT2D eigenvalue weighted by Gasteiger charge is -1.96. The van der Waals surface area contributed by atoms with Crippen molar-refractivity contribution >= 4 is 39.7 Å². The second kappa shape index (κ2) is 3.25. The van der Waals surface area contributed by atoms with E-state index in [4.69, 9.17) is 0 Å². The molecule has 0 amide bonds. The van der Waals surface area contributed by atoms with Crippen LogP contribution in [0, 0.1) is 17.0 Å². The van der Waals surface area contributed by atoms with Crippen LogP contribution in [-0.4, -0.2) is 4.92 Å². The highest BCUT2D eigenvalue weighted by atomic mass is 32.1. The fourth-order valence-corrected chi connectivity index (χ4v) is 2.73. The maximum Gasteiger partial charge on any atom is 0.284 e. The van der Waals surface area contributed by atoms with Crippen LogP contribution < -0.4 is 0 Å². The molecule has 0 bridgehead atoms. The zero-order chi connectivity index (χ0) is 10.3. The average Bonchev–Trinajstić information content (AvgIpc) is 2.46. The molecule has 0 fully saturated rings. The largest absolute Gasteiger partial charge is 0.284 e. The van der Waals surface area contributed by atoms with E-state index in [1.165, 1.54) is 17.4 Å². The summed E-state index contributed by atoms with van der Waals surface area (Å²) in [5.74, 6) is 0. The van der Waals surface area contributed by atoms with Gasteiger partial charge in [-0.1, -0.05) is 0 Å². The van der Waals surface area contributed by atoms with Gasteiger partial charge in [-0.2, -0.15) is 0 Å². The number of hydrogen-bond acceptors (Lipinski definition) is 4. The molecular weight excluding hydrogens is 218 g/mol. The molecule has 0 unspecified atom stereocenters. The molecule has 2 aromatic rings. The van der Waals surface area contributed by atoms with Crippen molar-refractivity contribution in [2.75, 3.05) is 0 Å². The molecule has 0 aliphatic rings. The molecule has 0 radical (unpaired) electrons. The third kappa shape index (κ3) is 1.38. The summed E-state index contributed by atoms with van der Waals surface area (Å²) >= 11 is 5.71. The molecule has 0 aliphatic carbocycles. The zero-order valence-electron chi connectivity index (χ0n) is 7.35. The highest BCUT2D eigenvalue weighted by molar-refractivity contribution is 7.81. The van der Waals surface area contributed by atoms with Crippen molar-refractivity contribution in [3.05, 3.63) is 33.2 Å². The summed E-state index contributed by atoms with van der Waals surface area (Å²) in [5.41, 5.74) is 0.0719. The topological polar surface area (TPSA) is 43.1 Å². The van der Waals surface area contributed by atoms with Crippen LogP contribution in [0.25, 0.3) is 10.1 Å². The van der Waals surface area contributed by atoms with E-state index >= 15 is 0 Å². The maximum atomic E-state index is 10.6. The highest BCUT2D eigenvalue weighted by Crippen LogP contribution is 2.36. The molecule has 0 spiro atoms. The van der Waals surface area contributed by atoms with Gasteiger partial charge in [0.15, 0.2) is 0 Å². The Labute approximate surface area is 89.9 Å². The van der Waals surface area contributed by atoms with Crippen LogP contribution in [0.4, 0.5) is 5.69 Å². The summed E-state index contributed by atoms with van der Waals surface area (Å²) in [6.07, 6.45) is 0. The SMILES string of the molecule is Cc1cc2ccc([N+](=O)[O-])c(S)c2s1. The minimum absolute atomic E-state index is 0.0719. The van der Waals surface area contributed by atoms with Gasteiger partial charge in [0.25, 0.3) is 5.69 Å². The monoisotopic (exact) mass is 225 g/mol. The van der Waals surface area contributed by atoms with Crippen molar-refractivity contribution in [1.29, 1.82) is 0 Å². The third-order valence-electron chi connectivity index (χ3n) is 1.96. The molecule has 0 N–H and O–H groups in total. The lowest BCUT2D eigenvalue weighted by Crippen LogP contribution is -1.88. The predicted molar refractivity (Wildman–Crippen MR) is 60.5 cm³/mol. The summed E-state index contributed by atoms with van der Waals surface area (Å²) in [5, 5.41) is 11.7. The third-order valence-corrected chi connectivity index (χ3v) is 3.65. The molecule has 0 atom stereocenters. The molecule has 0 saturated heterocycles. The number of fused-ring (bicyclic) bond motifs is 1. The standard InChI is InChI=1S/C9H7NO2S2/c1-5-4-6-2-3-7(10(11)12)8(13)9(6)14-5/h2-4,13H,1H3. The van der Waals surface area contributed by atoms with Gasteiger partial charge in [-0.25, -0.2) is 0 Å². The van der Waals surface area contributed by atoms with Gasteiger partial charge in [-0.3, -0.25) is 10.1 Å². The summed E-state index contributed by atoms with van der Waals surface area (Å²) in [6.45, 7) is 1.98. The first kappa shape index (κ1) is 9.48. The van der Waals surface area contributed by atoms with E-state index in [2.05, 4.69) is 12.6 Å². The van der Waals surface area contributed by atoms with Gasteiger partial charge in [0.05, 0.1) is 14.5 Å². The van der Waals surface area contributed by atoms with Gasteiger partial charge in [0.1, 0.15) is 0 Å². The summed E-state index contributed by atoms with van der Waals surface area (Å²) < 4.78 is 0.889. The predicted octanol–water partition coefficient (Wildman–Crippen LogP) is 3.41. The van der Waals surface area contributed by atoms with Crippen molar-refractivity contribution in [2.24, 2.45) is 0 Å². The first-order valence-electron chi connectivity index (χ1n) is 3.96. The van der Waals surface area contributed by atoms with E-state index in [1.54, 1.807) is 6.07 Å². The summed E-state index contributed by atoms with van der Waals surface area (Å²) in [6, 6.07) is 5.26. The van der Waals surface area contributed by atoms with Gasteiger partial charge in [-0.05, 0) is 24.4 Å². The molecule has 5 heteroatoms. The van der Waals surface area contributed by atoms with E-state index < -0.39 is 4.92 Å². The van der Waals surface area contributed by atoms with Crippen LogP contribution in [0.1, 0.15) is 4.88 Å². The van der Waals surface area contributed by atoms with Crippen LogP contribution in [0.5, 0.6) is 0 Å². The summed E-state index contributed by atoms with van der Waals surface area (Å²) in [7, 11) is 0. The second-order valence-corrected chi connectivity index (χ2v) is 4.67. The Balaban J connectivity index is 2.80. The Kier molecular flexibility index (Phi) is 2.20. The van der Waals surface area contributed by atoms with Crippen LogP contribution in [0.3, 0.4) is 0 Å². The molecule has 1 heterocycles. The smallest absolute Gasteiger partial charge is 0.258 e. The lowest BCUT2D eigenvalue weighted by molar-refractivity contribution is -0.387. The molecule has 3 nitrogen and oxygen atoms in total. The van der Waals surface area contributed by atoms with E-state index in [1.807, 2.05) is 13.0 Å². The first-order chi connectivity index (χ1) is 6.59. The van der Waals surface area contributed by atoms with Crippen molar-refractivity contribution < 1.29 is 4.92 Å². The molecule has 0 aliphatic heterocycles. The number of nitro benzene ring substituents is 1. The summed E-state index contributed by atoms with van der Waals surface area (Å²) in [4.78, 5) is 11.8. The van der Waals surface area contributed by atoms with Crippen molar-refractivity contribution in [1.82, 2.24) is 0 Å². The van der Waals surface area contributed by atoms with Gasteiger partial charge in [0.2, 0.25) is 0 Å². The average molecular weight is 225 g/mol. The van der Waals surface area contributed by atoms with Crippen LogP contribution in [0.15, 0.2) is 23.1 Å². The van der Waals surface area contributed by atoms with Crippen LogP contribution in [-0.2, 0) is 0 Å².